The lowest BCUT2D eigenvalue weighted by atomic mass is 9.98. The lowest BCUT2D eigenvalue weighted by molar-refractivity contribution is 0.0695. The van der Waals surface area contributed by atoms with Crippen LogP contribution in [0.5, 0.6) is 11.8 Å². The zero-order valence-corrected chi connectivity index (χ0v) is 24.8. The number of sulfone groups is 1. The summed E-state index contributed by atoms with van der Waals surface area (Å²) < 4.78 is 59.4. The number of nitrogens with zero attached hydrogens (tertiary/aromatic N) is 2. The smallest absolute Gasteiger partial charge is 0.336 e. The van der Waals surface area contributed by atoms with Gasteiger partial charge in [-0.15, -0.1) is 0 Å². The van der Waals surface area contributed by atoms with E-state index in [-0.39, 0.29) is 45.6 Å². The Labute approximate surface area is 252 Å². The molecule has 0 bridgehead atoms. The molecule has 1 saturated heterocycles. The van der Waals surface area contributed by atoms with Crippen LogP contribution in [0.2, 0.25) is 0 Å². The molecule has 1 aliphatic rings. The number of hydrogen-bond donors (Lipinski definition) is 2. The van der Waals surface area contributed by atoms with Gasteiger partial charge in [0.25, 0.3) is 6.01 Å². The number of benzene rings is 4. The Bertz CT molecular complexity index is 1990. The molecule has 6 rings (SSSR count). The quantitative estimate of drug-likeness (QED) is 0.196. The van der Waals surface area contributed by atoms with Gasteiger partial charge in [0.2, 0.25) is 0 Å². The molecule has 8 nitrogen and oxygen atoms in total. The number of nitrogens with one attached hydrogen (secondary N) is 1. The SMILES string of the molecule is Cc1ccc(Oc2nc3c(F)c(-c4ccc(-c5ccc(CN6CC(CS(C)(=O)=O)C6)cc5)cc4)c(F)cc3[nH]2)cc1C(=O)O. The van der Waals surface area contributed by atoms with Crippen LogP contribution in [0.1, 0.15) is 21.5 Å². The number of likely N-dealkylation sites (tertiary alicyclic amines) is 1. The van der Waals surface area contributed by atoms with Gasteiger partial charge in [0, 0.05) is 32.0 Å². The van der Waals surface area contributed by atoms with Crippen molar-refractivity contribution in [3.05, 3.63) is 101 Å². The summed E-state index contributed by atoms with van der Waals surface area (Å²) in [5, 5.41) is 9.36. The second-order valence-corrected chi connectivity index (χ2v) is 13.5. The van der Waals surface area contributed by atoms with Crippen molar-refractivity contribution < 1.29 is 31.8 Å². The Kier molecular flexibility index (Phi) is 7.68. The molecule has 2 heterocycles. The van der Waals surface area contributed by atoms with Gasteiger partial charge in [0.15, 0.2) is 5.82 Å². The molecule has 5 aromatic rings. The van der Waals surface area contributed by atoms with Gasteiger partial charge in [-0.1, -0.05) is 54.6 Å². The number of halogens is 2. The zero-order valence-electron chi connectivity index (χ0n) is 24.0. The average molecular weight is 618 g/mol. The van der Waals surface area contributed by atoms with E-state index in [1.165, 1.54) is 12.3 Å². The molecule has 1 aliphatic heterocycles. The Morgan fingerprint density at radius 3 is 2.27 bits per heavy atom. The van der Waals surface area contributed by atoms with E-state index >= 15 is 8.78 Å². The third-order valence-corrected chi connectivity index (χ3v) is 8.82. The first-order valence-electron chi connectivity index (χ1n) is 13.9. The van der Waals surface area contributed by atoms with Crippen LogP contribution in [0.3, 0.4) is 0 Å². The second-order valence-electron chi connectivity index (χ2n) is 11.3. The monoisotopic (exact) mass is 617 g/mol. The number of fused-ring (bicyclic) bond motifs is 1. The highest BCUT2D eigenvalue weighted by atomic mass is 32.2. The van der Waals surface area contributed by atoms with E-state index in [1.54, 1.807) is 43.3 Å². The summed E-state index contributed by atoms with van der Waals surface area (Å²) in [7, 11) is -2.96. The number of hydrogen-bond acceptors (Lipinski definition) is 6. The number of aromatic amines is 1. The summed E-state index contributed by atoms with van der Waals surface area (Å²) in [6.45, 7) is 3.94. The lowest BCUT2D eigenvalue weighted by Crippen LogP contribution is -2.48. The van der Waals surface area contributed by atoms with Crippen molar-refractivity contribution in [1.82, 2.24) is 14.9 Å². The van der Waals surface area contributed by atoms with Gasteiger partial charge in [-0.05, 0) is 52.8 Å². The number of aryl methyl sites for hydroxylation is 1. The van der Waals surface area contributed by atoms with Crippen molar-refractivity contribution in [1.29, 1.82) is 0 Å². The molecule has 2 N–H and O–H groups in total. The fourth-order valence-corrected chi connectivity index (χ4v) is 6.67. The Hall–Kier alpha value is -4.61. The van der Waals surface area contributed by atoms with E-state index in [0.717, 1.165) is 42.4 Å². The molecule has 4 aromatic carbocycles. The largest absolute Gasteiger partial charge is 0.478 e. The molecule has 0 unspecified atom stereocenters. The highest BCUT2D eigenvalue weighted by Gasteiger charge is 2.29. The minimum Gasteiger partial charge on any atom is -0.478 e. The van der Waals surface area contributed by atoms with E-state index in [1.807, 2.05) is 24.3 Å². The maximum atomic E-state index is 15.6. The van der Waals surface area contributed by atoms with Gasteiger partial charge in [-0.2, -0.15) is 4.98 Å². The molecule has 0 spiro atoms. The number of rotatable bonds is 9. The number of carbonyl (C=O) groups is 1. The first kappa shape index (κ1) is 29.5. The van der Waals surface area contributed by atoms with Gasteiger partial charge in [0.1, 0.15) is 26.9 Å². The highest BCUT2D eigenvalue weighted by Crippen LogP contribution is 2.34. The van der Waals surface area contributed by atoms with E-state index in [2.05, 4.69) is 14.9 Å². The maximum Gasteiger partial charge on any atom is 0.336 e. The second kappa shape index (κ2) is 11.5. The predicted octanol–water partition coefficient (Wildman–Crippen LogP) is 6.45. The van der Waals surface area contributed by atoms with E-state index in [0.29, 0.717) is 11.1 Å². The van der Waals surface area contributed by atoms with Crippen molar-refractivity contribution >= 4 is 26.8 Å². The molecular weight excluding hydrogens is 588 g/mol. The van der Waals surface area contributed by atoms with Gasteiger partial charge < -0.3 is 14.8 Å². The molecular formula is C33H29F2N3O5S. The van der Waals surface area contributed by atoms with Crippen LogP contribution in [0.4, 0.5) is 8.78 Å². The fraction of sp³-hybridized carbons (Fsp3) is 0.212. The summed E-state index contributed by atoms with van der Waals surface area (Å²) in [6.07, 6.45) is 1.27. The van der Waals surface area contributed by atoms with Crippen LogP contribution >= 0.6 is 0 Å². The van der Waals surface area contributed by atoms with Gasteiger partial charge in [-0.25, -0.2) is 22.0 Å². The number of carboxylic acid groups (broad SMARTS) is 1. The third kappa shape index (κ3) is 6.20. The van der Waals surface area contributed by atoms with Crippen molar-refractivity contribution in [3.8, 4) is 34.0 Å². The summed E-state index contributed by atoms with van der Waals surface area (Å²) in [5.41, 5.74) is 3.69. The third-order valence-electron chi connectivity index (χ3n) is 7.74. The van der Waals surface area contributed by atoms with Gasteiger partial charge in [-0.3, -0.25) is 4.90 Å². The first-order valence-corrected chi connectivity index (χ1v) is 16.0. The van der Waals surface area contributed by atoms with Crippen LogP contribution in [0.25, 0.3) is 33.3 Å². The van der Waals surface area contributed by atoms with Crippen LogP contribution in [-0.2, 0) is 16.4 Å². The molecule has 226 valence electrons. The molecule has 1 fully saturated rings. The lowest BCUT2D eigenvalue weighted by Gasteiger charge is -2.39. The number of aromatic carboxylic acids is 1. The van der Waals surface area contributed by atoms with E-state index in [4.69, 9.17) is 4.74 Å². The number of aromatic nitrogens is 2. The normalized spacial score (nSPS) is 14.1. The van der Waals surface area contributed by atoms with Crippen molar-refractivity contribution in [2.45, 2.75) is 13.5 Å². The highest BCUT2D eigenvalue weighted by molar-refractivity contribution is 7.90. The predicted molar refractivity (Wildman–Crippen MR) is 164 cm³/mol. The van der Waals surface area contributed by atoms with E-state index < -0.39 is 27.4 Å². The van der Waals surface area contributed by atoms with Crippen molar-refractivity contribution in [2.75, 3.05) is 25.1 Å². The van der Waals surface area contributed by atoms with Crippen molar-refractivity contribution in [2.24, 2.45) is 5.92 Å². The Morgan fingerprint density at radius 2 is 1.64 bits per heavy atom. The summed E-state index contributed by atoms with van der Waals surface area (Å²) in [6, 6.07) is 20.5. The maximum absolute atomic E-state index is 15.6. The van der Waals surface area contributed by atoms with Crippen molar-refractivity contribution in [3.63, 3.8) is 0 Å². The number of imidazole rings is 1. The minimum atomic E-state index is -2.96. The van der Waals surface area contributed by atoms with Crippen LogP contribution in [0.15, 0.2) is 72.8 Å². The van der Waals surface area contributed by atoms with Crippen LogP contribution in [0, 0.1) is 24.5 Å². The first-order chi connectivity index (χ1) is 20.9. The fourth-order valence-electron chi connectivity index (χ4n) is 5.61. The standard InChI is InChI=1S/C33H29F2N3O5S/c1-19-3-12-25(13-26(19)32(39)40)43-33-36-28-14-27(34)29(30(35)31(28)37-33)24-10-8-23(9-11-24)22-6-4-20(5-7-22)15-38-16-21(17-38)18-44(2,41)42/h3-14,21H,15-18H2,1-2H3,(H,36,37)(H,39,40). The van der Waals surface area contributed by atoms with E-state index in [9.17, 15) is 18.3 Å². The van der Waals surface area contributed by atoms with Gasteiger partial charge in [0.05, 0.1) is 22.4 Å². The summed E-state index contributed by atoms with van der Waals surface area (Å²) >= 11 is 0. The molecule has 11 heteroatoms. The summed E-state index contributed by atoms with van der Waals surface area (Å²) in [4.78, 5) is 20.6. The molecule has 0 saturated carbocycles. The Morgan fingerprint density at radius 1 is 1.00 bits per heavy atom. The minimum absolute atomic E-state index is 0.0610. The molecule has 0 radical (unpaired) electrons. The zero-order chi connectivity index (χ0) is 31.2. The molecule has 0 amide bonds. The van der Waals surface area contributed by atoms with Gasteiger partial charge >= 0.3 is 5.97 Å². The number of ether oxygens (including phenoxy) is 1. The average Bonchev–Trinajstić information content (AvgIpc) is 3.35. The van der Waals surface area contributed by atoms with Crippen LogP contribution < -0.4 is 4.74 Å². The molecule has 0 aliphatic carbocycles. The topological polar surface area (TPSA) is 113 Å². The molecule has 1 aromatic heterocycles. The Balaban J connectivity index is 1.17. The number of carboxylic acids is 1. The molecule has 44 heavy (non-hydrogen) atoms. The summed E-state index contributed by atoms with van der Waals surface area (Å²) in [5.74, 6) is -2.12. The van der Waals surface area contributed by atoms with Crippen LogP contribution in [-0.4, -0.2) is 59.5 Å². The number of H-pyrrole nitrogens is 1. The molecule has 0 atom stereocenters.